The molecule has 5 heteroatoms. The molecule has 1 amide bonds. The minimum atomic E-state index is -0.233. The Hall–Kier alpha value is -2.56. The number of hydrogen-bond donors (Lipinski definition) is 0. The predicted molar refractivity (Wildman–Crippen MR) is 110 cm³/mol. The van der Waals surface area contributed by atoms with E-state index in [0.29, 0.717) is 6.61 Å². The zero-order chi connectivity index (χ0) is 19.2. The molecule has 2 fully saturated rings. The number of pyridine rings is 1. The highest BCUT2D eigenvalue weighted by Gasteiger charge is 2.31. The fraction of sp³-hybridized carbons (Fsp3) is 0.478. The summed E-state index contributed by atoms with van der Waals surface area (Å²) in [6, 6.07) is 14.1. The Balaban J connectivity index is 1.39. The molecular formula is C23H29N3O2. The third-order valence-corrected chi connectivity index (χ3v) is 5.78. The van der Waals surface area contributed by atoms with Crippen molar-refractivity contribution in [1.29, 1.82) is 0 Å². The number of anilines is 1. The van der Waals surface area contributed by atoms with Crippen molar-refractivity contribution in [2.75, 3.05) is 24.5 Å². The molecular weight excluding hydrogens is 350 g/mol. The minimum Gasteiger partial charge on any atom is -0.445 e. The van der Waals surface area contributed by atoms with Crippen LogP contribution < -0.4 is 4.90 Å². The summed E-state index contributed by atoms with van der Waals surface area (Å²) in [5.41, 5.74) is 2.11. The molecule has 28 heavy (non-hydrogen) atoms. The van der Waals surface area contributed by atoms with Gasteiger partial charge in [-0.1, -0.05) is 49.2 Å². The molecule has 1 aromatic heterocycles. The van der Waals surface area contributed by atoms with Crippen molar-refractivity contribution in [3.8, 4) is 0 Å². The molecule has 1 atom stereocenters. The van der Waals surface area contributed by atoms with E-state index in [1.165, 1.54) is 25.7 Å². The molecule has 0 radical (unpaired) electrons. The van der Waals surface area contributed by atoms with Crippen LogP contribution in [-0.2, 0) is 11.3 Å². The molecule has 1 aromatic carbocycles. The summed E-state index contributed by atoms with van der Waals surface area (Å²) in [4.78, 5) is 21.6. The van der Waals surface area contributed by atoms with Gasteiger partial charge in [0.1, 0.15) is 12.4 Å². The van der Waals surface area contributed by atoms with E-state index < -0.39 is 0 Å². The van der Waals surface area contributed by atoms with Crippen molar-refractivity contribution in [1.82, 2.24) is 9.88 Å². The van der Waals surface area contributed by atoms with Gasteiger partial charge in [-0.3, -0.25) is 0 Å². The SMILES string of the molecule is O=C(OCc1ccccc1)N1CCC[C@@H]1c1ccc(N2CCCCCC2)nc1. The molecule has 3 heterocycles. The van der Waals surface area contributed by atoms with E-state index >= 15 is 0 Å². The lowest BCUT2D eigenvalue weighted by Crippen LogP contribution is -2.31. The molecule has 0 spiro atoms. The van der Waals surface area contributed by atoms with Crippen LogP contribution in [0.15, 0.2) is 48.7 Å². The maximum atomic E-state index is 12.6. The van der Waals surface area contributed by atoms with Crippen molar-refractivity contribution in [3.63, 3.8) is 0 Å². The molecule has 2 saturated heterocycles. The summed E-state index contributed by atoms with van der Waals surface area (Å²) in [6.07, 6.45) is 8.80. The van der Waals surface area contributed by atoms with Gasteiger partial charge in [-0.05, 0) is 42.9 Å². The average molecular weight is 380 g/mol. The highest BCUT2D eigenvalue weighted by molar-refractivity contribution is 5.68. The maximum absolute atomic E-state index is 12.6. The average Bonchev–Trinajstić information content (AvgIpc) is 3.08. The Labute approximate surface area is 167 Å². The summed E-state index contributed by atoms with van der Waals surface area (Å²) in [7, 11) is 0. The van der Waals surface area contributed by atoms with Gasteiger partial charge in [-0.15, -0.1) is 0 Å². The standard InChI is InChI=1S/C23H29N3O2/c27-23(28-18-19-9-4-3-5-10-19)26-16-8-11-21(26)20-12-13-22(24-17-20)25-14-6-1-2-7-15-25/h3-5,9-10,12-13,17,21H,1-2,6-8,11,14-16,18H2/t21-/m1/s1. The van der Waals surface area contributed by atoms with Gasteiger partial charge in [0.05, 0.1) is 6.04 Å². The summed E-state index contributed by atoms with van der Waals surface area (Å²) >= 11 is 0. The van der Waals surface area contributed by atoms with Crippen LogP contribution >= 0.6 is 0 Å². The van der Waals surface area contributed by atoms with Crippen LogP contribution in [0, 0.1) is 0 Å². The van der Waals surface area contributed by atoms with Gasteiger partial charge in [0, 0.05) is 25.8 Å². The fourth-order valence-corrected chi connectivity index (χ4v) is 4.22. The van der Waals surface area contributed by atoms with Crippen molar-refractivity contribution in [3.05, 3.63) is 59.8 Å². The van der Waals surface area contributed by atoms with Crippen LogP contribution in [-0.4, -0.2) is 35.6 Å². The van der Waals surface area contributed by atoms with Crippen LogP contribution in [0.25, 0.3) is 0 Å². The minimum absolute atomic E-state index is 0.0638. The monoisotopic (exact) mass is 379 g/mol. The molecule has 4 rings (SSSR count). The predicted octanol–water partition coefficient (Wildman–Crippen LogP) is 4.94. The summed E-state index contributed by atoms with van der Waals surface area (Å²) < 4.78 is 5.55. The quantitative estimate of drug-likeness (QED) is 0.755. The first-order valence-electron chi connectivity index (χ1n) is 10.5. The van der Waals surface area contributed by atoms with Crippen LogP contribution in [0.2, 0.25) is 0 Å². The van der Waals surface area contributed by atoms with Crippen molar-refractivity contribution in [2.24, 2.45) is 0 Å². The van der Waals surface area contributed by atoms with E-state index in [0.717, 1.165) is 49.4 Å². The third-order valence-electron chi connectivity index (χ3n) is 5.78. The van der Waals surface area contributed by atoms with E-state index in [9.17, 15) is 4.79 Å². The molecule has 2 aromatic rings. The number of ether oxygens (including phenoxy) is 1. The Morgan fingerprint density at radius 2 is 1.75 bits per heavy atom. The largest absolute Gasteiger partial charge is 0.445 e. The fourth-order valence-electron chi connectivity index (χ4n) is 4.22. The maximum Gasteiger partial charge on any atom is 0.410 e. The van der Waals surface area contributed by atoms with E-state index in [2.05, 4.69) is 17.0 Å². The number of aromatic nitrogens is 1. The normalized spacial score (nSPS) is 20.1. The molecule has 0 unspecified atom stereocenters. The molecule has 0 N–H and O–H groups in total. The number of benzene rings is 1. The number of rotatable bonds is 4. The van der Waals surface area contributed by atoms with Crippen LogP contribution in [0.3, 0.4) is 0 Å². The zero-order valence-electron chi connectivity index (χ0n) is 16.4. The Morgan fingerprint density at radius 3 is 2.46 bits per heavy atom. The van der Waals surface area contributed by atoms with Gasteiger partial charge in [0.25, 0.3) is 0 Å². The van der Waals surface area contributed by atoms with Crippen molar-refractivity contribution in [2.45, 2.75) is 51.2 Å². The number of nitrogens with zero attached hydrogens (tertiary/aromatic N) is 3. The van der Waals surface area contributed by atoms with E-state index in [1.54, 1.807) is 0 Å². The van der Waals surface area contributed by atoms with Crippen LogP contribution in [0.4, 0.5) is 10.6 Å². The van der Waals surface area contributed by atoms with Crippen molar-refractivity contribution < 1.29 is 9.53 Å². The number of likely N-dealkylation sites (tertiary alicyclic amines) is 1. The summed E-state index contributed by atoms with van der Waals surface area (Å²) in [5, 5.41) is 0. The zero-order valence-corrected chi connectivity index (χ0v) is 16.4. The first-order valence-corrected chi connectivity index (χ1v) is 10.5. The number of amides is 1. The topological polar surface area (TPSA) is 45.7 Å². The van der Waals surface area contributed by atoms with Crippen molar-refractivity contribution >= 4 is 11.9 Å². The Bertz CT molecular complexity index is 755. The van der Waals surface area contributed by atoms with Gasteiger partial charge in [-0.25, -0.2) is 9.78 Å². The van der Waals surface area contributed by atoms with Gasteiger partial charge in [0.15, 0.2) is 0 Å². The van der Waals surface area contributed by atoms with Gasteiger partial charge >= 0.3 is 6.09 Å². The van der Waals surface area contributed by atoms with Gasteiger partial charge in [-0.2, -0.15) is 0 Å². The molecule has 2 aliphatic heterocycles. The second-order valence-electron chi connectivity index (χ2n) is 7.74. The molecule has 0 bridgehead atoms. The van der Waals surface area contributed by atoms with Crippen LogP contribution in [0.5, 0.6) is 0 Å². The highest BCUT2D eigenvalue weighted by atomic mass is 16.6. The first kappa shape index (κ1) is 18.8. The van der Waals surface area contributed by atoms with E-state index in [-0.39, 0.29) is 12.1 Å². The first-order chi connectivity index (χ1) is 13.8. The number of carbonyl (C=O) groups is 1. The third kappa shape index (κ3) is 4.46. The molecule has 148 valence electrons. The highest BCUT2D eigenvalue weighted by Crippen LogP contribution is 2.33. The number of hydrogen-bond acceptors (Lipinski definition) is 4. The van der Waals surface area contributed by atoms with E-state index in [4.69, 9.17) is 9.72 Å². The van der Waals surface area contributed by atoms with Gasteiger partial charge in [0.2, 0.25) is 0 Å². The summed E-state index contributed by atoms with van der Waals surface area (Å²) in [5.74, 6) is 1.06. The lowest BCUT2D eigenvalue weighted by atomic mass is 10.1. The number of carbonyl (C=O) groups excluding carboxylic acids is 1. The molecule has 2 aliphatic rings. The lowest BCUT2D eigenvalue weighted by molar-refractivity contribution is 0.0920. The lowest BCUT2D eigenvalue weighted by Gasteiger charge is -2.25. The Morgan fingerprint density at radius 1 is 0.964 bits per heavy atom. The Kier molecular flexibility index (Phi) is 6.10. The molecule has 0 saturated carbocycles. The van der Waals surface area contributed by atoms with Crippen LogP contribution in [0.1, 0.15) is 55.7 Å². The van der Waals surface area contributed by atoms with Gasteiger partial charge < -0.3 is 14.5 Å². The molecule has 0 aliphatic carbocycles. The molecule has 5 nitrogen and oxygen atoms in total. The smallest absolute Gasteiger partial charge is 0.410 e. The second kappa shape index (κ2) is 9.09. The second-order valence-corrected chi connectivity index (χ2v) is 7.74. The summed E-state index contributed by atoms with van der Waals surface area (Å²) in [6.45, 7) is 3.24. The van der Waals surface area contributed by atoms with E-state index in [1.807, 2.05) is 41.4 Å².